The van der Waals surface area contributed by atoms with E-state index in [0.29, 0.717) is 43.2 Å². The van der Waals surface area contributed by atoms with Gasteiger partial charge in [0.25, 0.3) is 11.6 Å². The lowest BCUT2D eigenvalue weighted by Crippen LogP contribution is -2.37. The summed E-state index contributed by atoms with van der Waals surface area (Å²) in [6.45, 7) is 1.36. The second-order valence-electron chi connectivity index (χ2n) is 6.75. The van der Waals surface area contributed by atoms with Crippen molar-refractivity contribution in [3.8, 4) is 0 Å². The van der Waals surface area contributed by atoms with E-state index >= 15 is 0 Å². The number of ether oxygens (including phenoxy) is 3. The van der Waals surface area contributed by atoms with Gasteiger partial charge in [-0.25, -0.2) is 9.59 Å². The maximum absolute atomic E-state index is 12.7. The molecule has 0 unspecified atom stereocenters. The number of nitro groups is 1. The van der Waals surface area contributed by atoms with Gasteiger partial charge in [-0.3, -0.25) is 14.9 Å². The van der Waals surface area contributed by atoms with Crippen molar-refractivity contribution >= 4 is 34.9 Å². The molecule has 0 aromatic heterocycles. The van der Waals surface area contributed by atoms with E-state index < -0.39 is 29.4 Å². The highest BCUT2D eigenvalue weighted by Gasteiger charge is 2.23. The second kappa shape index (κ2) is 10.4. The van der Waals surface area contributed by atoms with Crippen molar-refractivity contribution in [1.82, 2.24) is 0 Å². The summed E-state index contributed by atoms with van der Waals surface area (Å²) >= 11 is 0. The zero-order chi connectivity index (χ0) is 23.1. The summed E-state index contributed by atoms with van der Waals surface area (Å²) in [7, 11) is 1.26. The monoisotopic (exact) mass is 443 g/mol. The highest BCUT2D eigenvalue weighted by molar-refractivity contribution is 5.99. The fourth-order valence-electron chi connectivity index (χ4n) is 3.09. The Labute approximate surface area is 183 Å². The number of carbonyl (C=O) groups is 3. The summed E-state index contributed by atoms with van der Waals surface area (Å²) in [4.78, 5) is 48.7. The zero-order valence-electron chi connectivity index (χ0n) is 17.2. The van der Waals surface area contributed by atoms with Crippen molar-refractivity contribution in [2.75, 3.05) is 50.2 Å². The van der Waals surface area contributed by atoms with Crippen LogP contribution in [0.15, 0.2) is 42.5 Å². The molecule has 1 N–H and O–H groups in total. The Balaban J connectivity index is 1.66. The first-order valence-corrected chi connectivity index (χ1v) is 9.65. The van der Waals surface area contributed by atoms with Crippen molar-refractivity contribution in [2.45, 2.75) is 0 Å². The van der Waals surface area contributed by atoms with E-state index in [2.05, 4.69) is 10.1 Å². The van der Waals surface area contributed by atoms with E-state index in [1.165, 1.54) is 43.5 Å². The molecule has 11 nitrogen and oxygen atoms in total. The van der Waals surface area contributed by atoms with Crippen LogP contribution in [0.25, 0.3) is 0 Å². The standard InChI is InChI=1S/C21H21N3O8/c1-30-20(26)14-2-4-15(5-3-14)22-19(25)13-32-21(27)17-12-16(24(28)29)6-7-18(17)23-8-10-31-11-9-23/h2-7,12H,8-11,13H2,1H3,(H,22,25). The number of amides is 1. The number of morpholine rings is 1. The van der Waals surface area contributed by atoms with Gasteiger partial charge < -0.3 is 24.4 Å². The molecule has 0 atom stereocenters. The summed E-state index contributed by atoms with van der Waals surface area (Å²) < 4.78 is 15.0. The lowest BCUT2D eigenvalue weighted by molar-refractivity contribution is -0.384. The van der Waals surface area contributed by atoms with E-state index in [1.54, 1.807) is 0 Å². The average molecular weight is 443 g/mol. The van der Waals surface area contributed by atoms with Crippen LogP contribution in [-0.4, -0.2) is 62.8 Å². The lowest BCUT2D eigenvalue weighted by Gasteiger charge is -2.30. The number of nitrogens with one attached hydrogen (secondary N) is 1. The van der Waals surface area contributed by atoms with E-state index in [1.807, 2.05) is 4.90 Å². The first kappa shape index (κ1) is 22.7. The minimum Gasteiger partial charge on any atom is -0.465 e. The fraction of sp³-hybridized carbons (Fsp3) is 0.286. The molecule has 0 radical (unpaired) electrons. The minimum atomic E-state index is -0.855. The molecule has 1 aliphatic heterocycles. The fourth-order valence-corrected chi connectivity index (χ4v) is 3.09. The topological polar surface area (TPSA) is 137 Å². The number of carbonyl (C=O) groups excluding carboxylic acids is 3. The van der Waals surface area contributed by atoms with E-state index in [9.17, 15) is 24.5 Å². The first-order chi connectivity index (χ1) is 15.4. The molecule has 2 aromatic rings. The molecule has 168 valence electrons. The predicted octanol–water partition coefficient (Wildman–Crippen LogP) is 2.01. The van der Waals surface area contributed by atoms with Crippen molar-refractivity contribution in [1.29, 1.82) is 0 Å². The van der Waals surface area contributed by atoms with Crippen LogP contribution >= 0.6 is 0 Å². The van der Waals surface area contributed by atoms with E-state index in [0.717, 1.165) is 6.07 Å². The SMILES string of the molecule is COC(=O)c1ccc(NC(=O)COC(=O)c2cc([N+](=O)[O-])ccc2N2CCOCC2)cc1. The zero-order valence-corrected chi connectivity index (χ0v) is 17.2. The van der Waals surface area contributed by atoms with E-state index in [-0.39, 0.29) is 11.3 Å². The van der Waals surface area contributed by atoms with Crippen LogP contribution in [0.2, 0.25) is 0 Å². The number of nitrogens with zero attached hydrogens (tertiary/aromatic N) is 2. The second-order valence-corrected chi connectivity index (χ2v) is 6.75. The molecule has 1 fully saturated rings. The van der Waals surface area contributed by atoms with Crippen molar-refractivity contribution in [3.05, 3.63) is 63.7 Å². The van der Waals surface area contributed by atoms with Gasteiger partial charge >= 0.3 is 11.9 Å². The Kier molecular flexibility index (Phi) is 7.34. The molecule has 1 amide bonds. The summed E-state index contributed by atoms with van der Waals surface area (Å²) in [6.07, 6.45) is 0. The molecular formula is C21H21N3O8. The quantitative estimate of drug-likeness (QED) is 0.387. The number of rotatable bonds is 7. The Morgan fingerprint density at radius 3 is 2.41 bits per heavy atom. The number of hydrogen-bond donors (Lipinski definition) is 1. The number of nitro benzene ring substituents is 1. The van der Waals surface area contributed by atoms with Gasteiger partial charge in [-0.15, -0.1) is 0 Å². The molecule has 0 spiro atoms. The van der Waals surface area contributed by atoms with Gasteiger partial charge in [0.1, 0.15) is 0 Å². The molecule has 32 heavy (non-hydrogen) atoms. The molecule has 0 aliphatic carbocycles. The number of methoxy groups -OCH3 is 1. The maximum Gasteiger partial charge on any atom is 0.341 e. The van der Waals surface area contributed by atoms with Crippen LogP contribution in [-0.2, 0) is 19.0 Å². The number of hydrogen-bond acceptors (Lipinski definition) is 9. The van der Waals surface area contributed by atoms with Crippen LogP contribution in [0.3, 0.4) is 0 Å². The Morgan fingerprint density at radius 1 is 1.09 bits per heavy atom. The van der Waals surface area contributed by atoms with Crippen LogP contribution in [0.5, 0.6) is 0 Å². The Bertz CT molecular complexity index is 1020. The summed E-state index contributed by atoms with van der Waals surface area (Å²) in [5.74, 6) is -1.97. The maximum atomic E-state index is 12.7. The van der Waals surface area contributed by atoms with Gasteiger partial charge in [0.05, 0.1) is 42.1 Å². The minimum absolute atomic E-state index is 0.00340. The normalized spacial score (nSPS) is 13.2. The lowest BCUT2D eigenvalue weighted by atomic mass is 10.1. The largest absolute Gasteiger partial charge is 0.465 e. The average Bonchev–Trinajstić information content (AvgIpc) is 2.82. The molecule has 0 bridgehead atoms. The first-order valence-electron chi connectivity index (χ1n) is 9.65. The van der Waals surface area contributed by atoms with E-state index in [4.69, 9.17) is 9.47 Å². The molecule has 11 heteroatoms. The van der Waals surface area contributed by atoms with Gasteiger partial charge in [0, 0.05) is 30.9 Å². The summed E-state index contributed by atoms with van der Waals surface area (Å²) in [5, 5.41) is 13.7. The van der Waals surface area contributed by atoms with Crippen LogP contribution in [0.4, 0.5) is 17.1 Å². The smallest absolute Gasteiger partial charge is 0.341 e. The number of non-ortho nitro benzene ring substituents is 1. The highest BCUT2D eigenvalue weighted by Crippen LogP contribution is 2.27. The predicted molar refractivity (Wildman–Crippen MR) is 113 cm³/mol. The molecule has 1 heterocycles. The molecular weight excluding hydrogens is 422 g/mol. The molecule has 2 aromatic carbocycles. The summed E-state index contributed by atoms with van der Waals surface area (Å²) in [5.41, 5.74) is 0.921. The number of benzene rings is 2. The Morgan fingerprint density at radius 2 is 1.78 bits per heavy atom. The molecule has 3 rings (SSSR count). The highest BCUT2D eigenvalue weighted by atomic mass is 16.6. The molecule has 1 aliphatic rings. The molecule has 0 saturated carbocycles. The van der Waals surface area contributed by atoms with Gasteiger partial charge in [0.15, 0.2) is 6.61 Å². The van der Waals surface area contributed by atoms with Crippen molar-refractivity contribution in [3.63, 3.8) is 0 Å². The third-order valence-electron chi connectivity index (χ3n) is 4.69. The van der Waals surface area contributed by atoms with Crippen molar-refractivity contribution < 1.29 is 33.5 Å². The number of anilines is 2. The van der Waals surface area contributed by atoms with Crippen LogP contribution in [0, 0.1) is 10.1 Å². The number of esters is 2. The van der Waals surface area contributed by atoms with Gasteiger partial charge in [-0.05, 0) is 30.3 Å². The Hall–Kier alpha value is -3.99. The third-order valence-corrected chi connectivity index (χ3v) is 4.69. The van der Waals surface area contributed by atoms with Crippen LogP contribution in [0.1, 0.15) is 20.7 Å². The molecule has 1 saturated heterocycles. The van der Waals surface area contributed by atoms with Crippen molar-refractivity contribution in [2.24, 2.45) is 0 Å². The third kappa shape index (κ3) is 5.58. The van der Waals surface area contributed by atoms with Gasteiger partial charge in [0.2, 0.25) is 0 Å². The van der Waals surface area contributed by atoms with Gasteiger partial charge in [-0.1, -0.05) is 0 Å². The summed E-state index contributed by atoms with van der Waals surface area (Å²) in [6, 6.07) is 9.90. The van der Waals surface area contributed by atoms with Gasteiger partial charge in [-0.2, -0.15) is 0 Å². The van der Waals surface area contributed by atoms with Crippen LogP contribution < -0.4 is 10.2 Å².